The molecule has 154 valence electrons. The molecule has 0 spiro atoms. The fraction of sp³-hybridized carbons (Fsp3) is 0.182. The van der Waals surface area contributed by atoms with Gasteiger partial charge in [-0.25, -0.2) is 13.2 Å². The molecule has 1 N–H and O–H groups in total. The Labute approximate surface area is 174 Å². The number of rotatable bonds is 6. The molecule has 0 aromatic heterocycles. The van der Waals surface area contributed by atoms with Gasteiger partial charge in [0.1, 0.15) is 0 Å². The Kier molecular flexibility index (Phi) is 4.95. The predicted octanol–water partition coefficient (Wildman–Crippen LogP) is 3.80. The van der Waals surface area contributed by atoms with Gasteiger partial charge in [-0.1, -0.05) is 12.1 Å². The van der Waals surface area contributed by atoms with Gasteiger partial charge < -0.3 is 9.64 Å². The Morgan fingerprint density at radius 2 is 1.77 bits per heavy atom. The zero-order valence-corrected chi connectivity index (χ0v) is 17.3. The maximum Gasteiger partial charge on any atom is 0.338 e. The van der Waals surface area contributed by atoms with Crippen LogP contribution in [0.5, 0.6) is 0 Å². The summed E-state index contributed by atoms with van der Waals surface area (Å²) in [7, 11) is -3.93. The van der Waals surface area contributed by atoms with E-state index in [2.05, 4.69) is 4.72 Å². The number of carbonyl (C=O) groups is 2. The third-order valence-corrected chi connectivity index (χ3v) is 6.44. The normalized spacial score (nSPS) is 13.0. The molecule has 8 heteroatoms. The first-order chi connectivity index (χ1) is 14.4. The summed E-state index contributed by atoms with van der Waals surface area (Å²) in [6.07, 6.45) is 0. The number of nitrogens with one attached hydrogen (secondary N) is 1. The molecule has 3 aromatic rings. The van der Waals surface area contributed by atoms with Gasteiger partial charge in [0.2, 0.25) is 0 Å². The van der Waals surface area contributed by atoms with Crippen LogP contribution >= 0.6 is 0 Å². The summed E-state index contributed by atoms with van der Waals surface area (Å²) in [6, 6.07) is 14.3. The van der Waals surface area contributed by atoms with E-state index in [1.54, 1.807) is 36.1 Å². The van der Waals surface area contributed by atoms with Crippen molar-refractivity contribution in [3.8, 4) is 0 Å². The Hall–Kier alpha value is -3.39. The van der Waals surface area contributed by atoms with Crippen molar-refractivity contribution in [2.75, 3.05) is 22.8 Å². The van der Waals surface area contributed by atoms with Gasteiger partial charge in [0.05, 0.1) is 22.8 Å². The van der Waals surface area contributed by atoms with Gasteiger partial charge in [0.25, 0.3) is 15.9 Å². The van der Waals surface area contributed by atoms with E-state index in [0.29, 0.717) is 39.8 Å². The van der Waals surface area contributed by atoms with E-state index in [1.165, 1.54) is 30.3 Å². The lowest BCUT2D eigenvalue weighted by molar-refractivity contribution is 0.0526. The molecule has 0 aliphatic carbocycles. The number of nitrogens with zero attached hydrogens (tertiary/aromatic N) is 1. The molecule has 0 fully saturated rings. The summed E-state index contributed by atoms with van der Waals surface area (Å²) in [6.45, 7) is 4.35. The molecule has 1 amide bonds. The SMILES string of the molecule is CCOC(=O)c1ccc(NS(=O)(=O)c2ccc3c4c(cccc24)C(=O)N3CC)cc1. The van der Waals surface area contributed by atoms with Crippen LogP contribution in [0.1, 0.15) is 34.6 Å². The largest absolute Gasteiger partial charge is 0.462 e. The minimum absolute atomic E-state index is 0.0864. The number of anilines is 2. The van der Waals surface area contributed by atoms with E-state index in [0.717, 1.165) is 0 Å². The minimum atomic E-state index is -3.93. The van der Waals surface area contributed by atoms with Gasteiger partial charge in [-0.3, -0.25) is 9.52 Å². The van der Waals surface area contributed by atoms with E-state index >= 15 is 0 Å². The van der Waals surface area contributed by atoms with Crippen LogP contribution in [0.2, 0.25) is 0 Å². The number of ether oxygens (including phenoxy) is 1. The van der Waals surface area contributed by atoms with E-state index in [4.69, 9.17) is 4.74 Å². The van der Waals surface area contributed by atoms with Gasteiger partial charge in [-0.05, 0) is 56.3 Å². The second-order valence-electron chi connectivity index (χ2n) is 6.76. The van der Waals surface area contributed by atoms with Gasteiger partial charge in [0, 0.05) is 28.6 Å². The number of carbonyl (C=O) groups excluding carboxylic acids is 2. The van der Waals surface area contributed by atoms with Crippen LogP contribution in [0, 0.1) is 0 Å². The van der Waals surface area contributed by atoms with Crippen molar-refractivity contribution >= 4 is 44.0 Å². The topological polar surface area (TPSA) is 92.8 Å². The zero-order chi connectivity index (χ0) is 21.5. The van der Waals surface area contributed by atoms with Crippen LogP contribution in [-0.2, 0) is 14.8 Å². The van der Waals surface area contributed by atoms with Crippen LogP contribution in [0.4, 0.5) is 11.4 Å². The second kappa shape index (κ2) is 7.46. The van der Waals surface area contributed by atoms with Crippen molar-refractivity contribution < 1.29 is 22.7 Å². The molecule has 1 aliphatic rings. The monoisotopic (exact) mass is 424 g/mol. The van der Waals surface area contributed by atoms with E-state index in [1.807, 2.05) is 6.92 Å². The van der Waals surface area contributed by atoms with Crippen molar-refractivity contribution in [1.29, 1.82) is 0 Å². The van der Waals surface area contributed by atoms with Crippen molar-refractivity contribution in [1.82, 2.24) is 0 Å². The molecule has 0 bridgehead atoms. The standard InChI is InChI=1S/C22H20N2O5S/c1-3-24-18-12-13-19(16-6-5-7-17(20(16)18)21(24)25)30(27,28)23-15-10-8-14(9-11-15)22(26)29-4-2/h5-13,23H,3-4H2,1-2H3. The summed E-state index contributed by atoms with van der Waals surface area (Å²) in [4.78, 5) is 26.1. The fourth-order valence-electron chi connectivity index (χ4n) is 3.67. The molecule has 1 aliphatic heterocycles. The Bertz CT molecular complexity index is 1270. The van der Waals surface area contributed by atoms with Gasteiger partial charge in [-0.15, -0.1) is 0 Å². The first-order valence-corrected chi connectivity index (χ1v) is 11.0. The number of hydrogen-bond acceptors (Lipinski definition) is 5. The average Bonchev–Trinajstić information content (AvgIpc) is 3.01. The number of amides is 1. The molecule has 0 saturated heterocycles. The number of esters is 1. The molecule has 0 saturated carbocycles. The van der Waals surface area contributed by atoms with Crippen LogP contribution in [-0.4, -0.2) is 33.4 Å². The molecule has 0 atom stereocenters. The highest BCUT2D eigenvalue weighted by molar-refractivity contribution is 7.93. The molecule has 30 heavy (non-hydrogen) atoms. The van der Waals surface area contributed by atoms with E-state index in [9.17, 15) is 18.0 Å². The highest BCUT2D eigenvalue weighted by Gasteiger charge is 2.31. The first kappa shape index (κ1) is 19.9. The van der Waals surface area contributed by atoms with E-state index < -0.39 is 16.0 Å². The highest BCUT2D eigenvalue weighted by Crippen LogP contribution is 2.40. The third-order valence-electron chi connectivity index (χ3n) is 5.00. The quantitative estimate of drug-likeness (QED) is 0.608. The Morgan fingerprint density at radius 3 is 2.43 bits per heavy atom. The van der Waals surface area contributed by atoms with Gasteiger partial charge in [-0.2, -0.15) is 0 Å². The Balaban J connectivity index is 1.72. The minimum Gasteiger partial charge on any atom is -0.462 e. The van der Waals surface area contributed by atoms with Gasteiger partial charge >= 0.3 is 5.97 Å². The van der Waals surface area contributed by atoms with Crippen molar-refractivity contribution in [3.05, 3.63) is 65.7 Å². The Morgan fingerprint density at radius 1 is 1.03 bits per heavy atom. The third kappa shape index (κ3) is 3.19. The van der Waals surface area contributed by atoms with Crippen molar-refractivity contribution in [3.63, 3.8) is 0 Å². The summed E-state index contributed by atoms with van der Waals surface area (Å²) in [5.41, 5.74) is 1.87. The summed E-state index contributed by atoms with van der Waals surface area (Å²) in [5, 5.41) is 1.13. The number of sulfonamides is 1. The molecular formula is C22H20N2O5S. The molecule has 0 unspecified atom stereocenters. The maximum atomic E-state index is 13.1. The first-order valence-electron chi connectivity index (χ1n) is 9.55. The average molecular weight is 424 g/mol. The molecule has 3 aromatic carbocycles. The zero-order valence-electron chi connectivity index (χ0n) is 16.5. The van der Waals surface area contributed by atoms with Crippen LogP contribution in [0.25, 0.3) is 10.8 Å². The van der Waals surface area contributed by atoms with Crippen LogP contribution in [0.15, 0.2) is 59.5 Å². The molecule has 7 nitrogen and oxygen atoms in total. The molecular weight excluding hydrogens is 404 g/mol. The van der Waals surface area contributed by atoms with Gasteiger partial charge in [0.15, 0.2) is 0 Å². The lowest BCUT2D eigenvalue weighted by atomic mass is 10.1. The second-order valence-corrected chi connectivity index (χ2v) is 8.41. The number of benzene rings is 3. The van der Waals surface area contributed by atoms with Crippen LogP contribution in [0.3, 0.4) is 0 Å². The fourth-order valence-corrected chi connectivity index (χ4v) is 4.93. The number of hydrogen-bond donors (Lipinski definition) is 1. The lowest BCUT2D eigenvalue weighted by Gasteiger charge is -2.16. The molecule has 1 heterocycles. The summed E-state index contributed by atoms with van der Waals surface area (Å²) < 4.78 is 33.7. The van der Waals surface area contributed by atoms with Crippen LogP contribution < -0.4 is 9.62 Å². The predicted molar refractivity (Wildman–Crippen MR) is 115 cm³/mol. The summed E-state index contributed by atoms with van der Waals surface area (Å²) >= 11 is 0. The summed E-state index contributed by atoms with van der Waals surface area (Å²) in [5.74, 6) is -0.597. The maximum absolute atomic E-state index is 13.1. The molecule has 0 radical (unpaired) electrons. The smallest absolute Gasteiger partial charge is 0.338 e. The van der Waals surface area contributed by atoms with E-state index in [-0.39, 0.29) is 17.4 Å². The highest BCUT2D eigenvalue weighted by atomic mass is 32.2. The van der Waals surface area contributed by atoms with Crippen molar-refractivity contribution in [2.24, 2.45) is 0 Å². The molecule has 4 rings (SSSR count). The van der Waals surface area contributed by atoms with Crippen molar-refractivity contribution in [2.45, 2.75) is 18.7 Å². The lowest BCUT2D eigenvalue weighted by Crippen LogP contribution is -2.25.